The predicted molar refractivity (Wildman–Crippen MR) is 289 cm³/mol. The molecule has 0 aliphatic heterocycles. The van der Waals surface area contributed by atoms with Crippen LogP contribution in [0.4, 0.5) is 0 Å². The van der Waals surface area contributed by atoms with Crippen LogP contribution in [0.3, 0.4) is 0 Å². The lowest BCUT2D eigenvalue weighted by Gasteiger charge is -2.18. The lowest BCUT2D eigenvalue weighted by atomic mass is 10.0. The number of allylic oxidation sites excluding steroid dienone is 8. The Kier molecular flexibility index (Phi) is 53.8. The van der Waals surface area contributed by atoms with E-state index in [2.05, 4.69) is 63.3 Å². The van der Waals surface area contributed by atoms with Crippen LogP contribution in [0.15, 0.2) is 48.6 Å². The topological polar surface area (TPSA) is 78.9 Å². The first-order valence-electron chi connectivity index (χ1n) is 29.2. The first-order valence-corrected chi connectivity index (χ1v) is 29.2. The quantitative estimate of drug-likeness (QED) is 0.0199. The van der Waals surface area contributed by atoms with Crippen LogP contribution in [0.2, 0.25) is 0 Å². The highest BCUT2D eigenvalue weighted by Gasteiger charge is 2.19. The van der Waals surface area contributed by atoms with E-state index in [9.17, 15) is 14.4 Å². The molecular weight excluding hydrogens is 829 g/mol. The van der Waals surface area contributed by atoms with Gasteiger partial charge in [0.15, 0.2) is 6.10 Å². The third-order valence-electron chi connectivity index (χ3n) is 12.8. The Bertz CT molecular complexity index is 1170. The summed E-state index contributed by atoms with van der Waals surface area (Å²) >= 11 is 0. The van der Waals surface area contributed by atoms with Gasteiger partial charge in [-0.25, -0.2) is 0 Å². The van der Waals surface area contributed by atoms with Crippen molar-refractivity contribution in [2.75, 3.05) is 13.2 Å². The first-order chi connectivity index (χ1) is 33.0. The minimum absolute atomic E-state index is 0.0955. The number of esters is 3. The molecule has 0 aromatic rings. The third kappa shape index (κ3) is 54.2. The van der Waals surface area contributed by atoms with E-state index in [4.69, 9.17) is 14.2 Å². The number of hydrogen-bond acceptors (Lipinski definition) is 6. The van der Waals surface area contributed by atoms with E-state index in [1.165, 1.54) is 186 Å². The van der Waals surface area contributed by atoms with Gasteiger partial charge in [-0.3, -0.25) is 14.4 Å². The van der Waals surface area contributed by atoms with Crippen molar-refractivity contribution in [2.45, 2.75) is 309 Å². The Morgan fingerprint density at radius 1 is 0.313 bits per heavy atom. The lowest BCUT2D eigenvalue weighted by Crippen LogP contribution is -2.30. The summed E-state index contributed by atoms with van der Waals surface area (Å²) in [6.45, 7) is 6.60. The fraction of sp³-hybridized carbons (Fsp3) is 0.820. The zero-order valence-corrected chi connectivity index (χ0v) is 44.7. The monoisotopic (exact) mass is 939 g/mol. The molecule has 1 atom stereocenters. The zero-order valence-electron chi connectivity index (χ0n) is 44.7. The van der Waals surface area contributed by atoms with Crippen molar-refractivity contribution in [1.29, 1.82) is 0 Å². The second-order valence-corrected chi connectivity index (χ2v) is 19.6. The molecule has 6 heteroatoms. The molecule has 0 bridgehead atoms. The van der Waals surface area contributed by atoms with Crippen molar-refractivity contribution >= 4 is 17.9 Å². The molecule has 0 rings (SSSR count). The predicted octanol–water partition coefficient (Wildman–Crippen LogP) is 19.4. The summed E-state index contributed by atoms with van der Waals surface area (Å²) in [7, 11) is 0. The Morgan fingerprint density at radius 3 is 1.00 bits per heavy atom. The van der Waals surface area contributed by atoms with Crippen molar-refractivity contribution in [3.8, 4) is 0 Å². The zero-order chi connectivity index (χ0) is 48.6. The summed E-state index contributed by atoms with van der Waals surface area (Å²) in [5.74, 6) is -0.964. The fourth-order valence-corrected chi connectivity index (χ4v) is 8.43. The molecule has 0 aromatic heterocycles. The molecule has 0 aromatic carbocycles. The fourth-order valence-electron chi connectivity index (χ4n) is 8.43. The van der Waals surface area contributed by atoms with Crippen molar-refractivity contribution in [3.63, 3.8) is 0 Å². The van der Waals surface area contributed by atoms with E-state index in [0.717, 1.165) is 70.6 Å². The Morgan fingerprint density at radius 2 is 0.612 bits per heavy atom. The third-order valence-corrected chi connectivity index (χ3v) is 12.8. The van der Waals surface area contributed by atoms with Crippen LogP contribution >= 0.6 is 0 Å². The van der Waals surface area contributed by atoms with E-state index < -0.39 is 6.10 Å². The number of hydrogen-bond donors (Lipinski definition) is 0. The highest BCUT2D eigenvalue weighted by atomic mass is 16.6. The second-order valence-electron chi connectivity index (χ2n) is 19.6. The normalized spacial score (nSPS) is 12.3. The van der Waals surface area contributed by atoms with Gasteiger partial charge in [-0.05, 0) is 64.2 Å². The van der Waals surface area contributed by atoms with Crippen LogP contribution in [0.1, 0.15) is 303 Å². The van der Waals surface area contributed by atoms with E-state index in [0.29, 0.717) is 19.3 Å². The number of carbonyl (C=O) groups excluding carboxylic acids is 3. The summed E-state index contributed by atoms with van der Waals surface area (Å²) in [6.07, 6.45) is 68.3. The van der Waals surface area contributed by atoms with Crippen molar-refractivity contribution in [3.05, 3.63) is 48.6 Å². The maximum absolute atomic E-state index is 12.9. The molecule has 0 amide bonds. The van der Waals surface area contributed by atoms with Gasteiger partial charge in [0.25, 0.3) is 0 Å². The van der Waals surface area contributed by atoms with Gasteiger partial charge in [0, 0.05) is 19.3 Å². The minimum Gasteiger partial charge on any atom is -0.462 e. The first kappa shape index (κ1) is 64.4. The van der Waals surface area contributed by atoms with Gasteiger partial charge in [-0.2, -0.15) is 0 Å². The smallest absolute Gasteiger partial charge is 0.306 e. The summed E-state index contributed by atoms with van der Waals surface area (Å²) in [4.78, 5) is 38.1. The molecular formula is C61H110O6. The standard InChI is InChI=1S/C61H110O6/c1-4-7-10-13-16-19-22-25-27-29-31-33-36-39-42-45-48-51-54-60(63)66-57-58(56-65-59(62)53-50-47-44-41-38-35-24-21-18-15-12-9-6-3)67-61(64)55-52-49-46-43-40-37-34-32-30-28-26-23-20-17-14-11-8-5-2/h27,29,31,33,35,38,44,47,58H,4-26,28,30,32,34,36-37,39-43,45-46,48-57H2,1-3H3/b29-27-,33-31-,38-35-,47-44-. The van der Waals surface area contributed by atoms with Gasteiger partial charge in [-0.1, -0.05) is 268 Å². The molecule has 0 spiro atoms. The van der Waals surface area contributed by atoms with Crippen molar-refractivity contribution in [1.82, 2.24) is 0 Å². The minimum atomic E-state index is -0.800. The van der Waals surface area contributed by atoms with Crippen LogP contribution in [-0.4, -0.2) is 37.2 Å². The van der Waals surface area contributed by atoms with Crippen LogP contribution in [0.5, 0.6) is 0 Å². The van der Waals surface area contributed by atoms with E-state index in [-0.39, 0.29) is 37.5 Å². The average molecular weight is 940 g/mol. The second kappa shape index (κ2) is 56.0. The molecule has 0 saturated carbocycles. The summed E-state index contributed by atoms with van der Waals surface area (Å²) in [6, 6.07) is 0. The number of ether oxygens (including phenoxy) is 3. The van der Waals surface area contributed by atoms with Crippen LogP contribution < -0.4 is 0 Å². The molecule has 0 heterocycles. The van der Waals surface area contributed by atoms with Gasteiger partial charge in [0.1, 0.15) is 13.2 Å². The van der Waals surface area contributed by atoms with Crippen LogP contribution in [-0.2, 0) is 28.6 Å². The maximum Gasteiger partial charge on any atom is 0.306 e. The largest absolute Gasteiger partial charge is 0.462 e. The van der Waals surface area contributed by atoms with E-state index in [1.54, 1.807) is 0 Å². The maximum atomic E-state index is 12.9. The van der Waals surface area contributed by atoms with Gasteiger partial charge < -0.3 is 14.2 Å². The molecule has 390 valence electrons. The number of rotatable bonds is 53. The van der Waals surface area contributed by atoms with Crippen LogP contribution in [0.25, 0.3) is 0 Å². The van der Waals surface area contributed by atoms with E-state index in [1.807, 2.05) is 6.08 Å². The summed E-state index contributed by atoms with van der Waals surface area (Å²) in [5, 5.41) is 0. The molecule has 0 aliphatic rings. The highest BCUT2D eigenvalue weighted by molar-refractivity contribution is 5.71. The van der Waals surface area contributed by atoms with Gasteiger partial charge in [-0.15, -0.1) is 0 Å². The van der Waals surface area contributed by atoms with Gasteiger partial charge >= 0.3 is 17.9 Å². The summed E-state index contributed by atoms with van der Waals surface area (Å²) < 4.78 is 16.8. The van der Waals surface area contributed by atoms with Gasteiger partial charge in [0.2, 0.25) is 0 Å². The molecule has 0 N–H and O–H groups in total. The van der Waals surface area contributed by atoms with Crippen molar-refractivity contribution < 1.29 is 28.6 Å². The number of carbonyl (C=O) groups is 3. The molecule has 0 radical (unpaired) electrons. The molecule has 67 heavy (non-hydrogen) atoms. The Hall–Kier alpha value is -2.63. The SMILES string of the molecule is CCCCCCCC/C=C\C/C=C\CCC(=O)OCC(COC(=O)CCCCCCC/C=C\C=C/CCCCCCCCC)OC(=O)CCCCCCCCCCCCCCCCCCCC. The van der Waals surface area contributed by atoms with Crippen molar-refractivity contribution in [2.24, 2.45) is 0 Å². The van der Waals surface area contributed by atoms with Gasteiger partial charge in [0.05, 0.1) is 0 Å². The average Bonchev–Trinajstić information content (AvgIpc) is 3.33. The lowest BCUT2D eigenvalue weighted by molar-refractivity contribution is -0.166. The molecule has 0 fully saturated rings. The highest BCUT2D eigenvalue weighted by Crippen LogP contribution is 2.16. The molecule has 6 nitrogen and oxygen atoms in total. The Balaban J connectivity index is 4.40. The van der Waals surface area contributed by atoms with Crippen LogP contribution in [0, 0.1) is 0 Å². The molecule has 1 unspecified atom stereocenters. The molecule has 0 aliphatic carbocycles. The van der Waals surface area contributed by atoms with E-state index >= 15 is 0 Å². The summed E-state index contributed by atoms with van der Waals surface area (Å²) in [5.41, 5.74) is 0. The Labute approximate surface area is 416 Å². The molecule has 0 saturated heterocycles. The number of unbranched alkanes of at least 4 members (excludes halogenated alkanes) is 35.